The van der Waals surface area contributed by atoms with Gasteiger partial charge in [-0.1, -0.05) is 0 Å². The summed E-state index contributed by atoms with van der Waals surface area (Å²) >= 11 is 0. The molecule has 0 spiro atoms. The summed E-state index contributed by atoms with van der Waals surface area (Å²) < 4.78 is 6.63. The number of amides is 1. The Morgan fingerprint density at radius 2 is 2.44 bits per heavy atom. The summed E-state index contributed by atoms with van der Waals surface area (Å²) in [4.78, 5) is 10.6. The third-order valence-electron chi connectivity index (χ3n) is 1.98. The van der Waals surface area contributed by atoms with Crippen molar-refractivity contribution in [2.24, 2.45) is 5.73 Å². The number of anilines is 1. The van der Waals surface area contributed by atoms with Crippen molar-refractivity contribution < 1.29 is 9.21 Å². The number of rotatable bonds is 5. The summed E-state index contributed by atoms with van der Waals surface area (Å²) in [5, 5.41) is 7.18. The quantitative estimate of drug-likeness (QED) is 0.771. The van der Waals surface area contributed by atoms with Gasteiger partial charge in [-0.3, -0.25) is 9.48 Å². The molecule has 3 N–H and O–H groups in total. The Labute approximate surface area is 92.0 Å². The van der Waals surface area contributed by atoms with E-state index in [1.165, 1.54) is 4.68 Å². The highest BCUT2D eigenvalue weighted by atomic mass is 16.3. The lowest BCUT2D eigenvalue weighted by atomic mass is 10.4. The Kier molecular flexibility index (Phi) is 2.90. The van der Waals surface area contributed by atoms with Crippen LogP contribution >= 0.6 is 0 Å². The fourth-order valence-electron chi connectivity index (χ4n) is 1.29. The van der Waals surface area contributed by atoms with E-state index in [1.54, 1.807) is 18.5 Å². The second-order valence-corrected chi connectivity index (χ2v) is 3.30. The zero-order valence-electron chi connectivity index (χ0n) is 8.59. The summed E-state index contributed by atoms with van der Waals surface area (Å²) in [5.41, 5.74) is 5.05. The fraction of sp³-hybridized carbons (Fsp3) is 0.200. The Morgan fingerprint density at radius 1 is 1.56 bits per heavy atom. The van der Waals surface area contributed by atoms with Crippen LogP contribution in [0.3, 0.4) is 0 Å². The molecule has 2 aromatic rings. The second-order valence-electron chi connectivity index (χ2n) is 3.30. The van der Waals surface area contributed by atoms with Crippen LogP contribution in [-0.4, -0.2) is 15.7 Å². The van der Waals surface area contributed by atoms with Gasteiger partial charge in [0.15, 0.2) is 0 Å². The Morgan fingerprint density at radius 3 is 3.12 bits per heavy atom. The first-order valence-electron chi connectivity index (χ1n) is 4.82. The van der Waals surface area contributed by atoms with E-state index in [0.29, 0.717) is 12.4 Å². The van der Waals surface area contributed by atoms with Crippen molar-refractivity contribution in [2.45, 2.75) is 13.1 Å². The molecule has 0 saturated heterocycles. The number of hydrogen-bond acceptors (Lipinski definition) is 4. The maximum absolute atomic E-state index is 10.6. The lowest BCUT2D eigenvalue weighted by molar-refractivity contribution is -0.118. The van der Waals surface area contributed by atoms with Crippen LogP contribution in [0, 0.1) is 0 Å². The number of primary amides is 1. The largest absolute Gasteiger partial charge is 0.467 e. The van der Waals surface area contributed by atoms with Crippen molar-refractivity contribution >= 4 is 11.7 Å². The average Bonchev–Trinajstić information content (AvgIpc) is 2.84. The maximum Gasteiger partial charge on any atom is 0.239 e. The predicted molar refractivity (Wildman–Crippen MR) is 57.5 cm³/mol. The number of furan rings is 1. The fourth-order valence-corrected chi connectivity index (χ4v) is 1.29. The van der Waals surface area contributed by atoms with Gasteiger partial charge in [-0.05, 0) is 12.1 Å². The average molecular weight is 220 g/mol. The summed E-state index contributed by atoms with van der Waals surface area (Å²) in [6.07, 6.45) is 3.30. The molecule has 0 radical (unpaired) electrons. The molecule has 0 aliphatic carbocycles. The van der Waals surface area contributed by atoms with Gasteiger partial charge in [0.1, 0.15) is 18.1 Å². The van der Waals surface area contributed by atoms with Crippen molar-refractivity contribution in [3.05, 3.63) is 36.4 Å². The molecule has 2 heterocycles. The summed E-state index contributed by atoms with van der Waals surface area (Å²) in [5.74, 6) is 1.09. The minimum absolute atomic E-state index is 0.0857. The minimum Gasteiger partial charge on any atom is -0.467 e. The molecule has 16 heavy (non-hydrogen) atoms. The number of hydrogen-bond donors (Lipinski definition) is 2. The first kappa shape index (κ1) is 10.3. The van der Waals surface area contributed by atoms with Crippen LogP contribution in [-0.2, 0) is 17.9 Å². The van der Waals surface area contributed by atoms with Gasteiger partial charge in [0.25, 0.3) is 0 Å². The second kappa shape index (κ2) is 4.52. The normalized spacial score (nSPS) is 10.2. The number of nitrogens with one attached hydrogen (secondary N) is 1. The highest BCUT2D eigenvalue weighted by molar-refractivity contribution is 5.73. The molecule has 0 fully saturated rings. The molecule has 0 aliphatic rings. The van der Waals surface area contributed by atoms with Crippen LogP contribution in [0.5, 0.6) is 0 Å². The zero-order valence-corrected chi connectivity index (χ0v) is 8.59. The zero-order chi connectivity index (χ0) is 11.4. The molecule has 6 heteroatoms. The standard InChI is InChI=1S/C10H12N4O2/c11-9(15)7-14-4-3-10(13-14)12-6-8-2-1-5-16-8/h1-5H,6-7H2,(H2,11,15)(H,12,13). The van der Waals surface area contributed by atoms with E-state index in [1.807, 2.05) is 12.1 Å². The van der Waals surface area contributed by atoms with Crippen LogP contribution in [0.4, 0.5) is 5.82 Å². The van der Waals surface area contributed by atoms with Gasteiger partial charge in [-0.15, -0.1) is 0 Å². The summed E-state index contributed by atoms with van der Waals surface area (Å²) in [6, 6.07) is 5.46. The van der Waals surface area contributed by atoms with Crippen molar-refractivity contribution in [1.29, 1.82) is 0 Å². The van der Waals surface area contributed by atoms with Crippen LogP contribution < -0.4 is 11.1 Å². The Bertz CT molecular complexity index is 461. The Hall–Kier alpha value is -2.24. The third-order valence-corrected chi connectivity index (χ3v) is 1.98. The minimum atomic E-state index is -0.416. The van der Waals surface area contributed by atoms with Crippen molar-refractivity contribution in [1.82, 2.24) is 9.78 Å². The van der Waals surface area contributed by atoms with Gasteiger partial charge in [0.05, 0.1) is 12.8 Å². The van der Waals surface area contributed by atoms with E-state index >= 15 is 0 Å². The number of carbonyl (C=O) groups is 1. The summed E-state index contributed by atoms with van der Waals surface area (Å²) in [6.45, 7) is 0.642. The number of carbonyl (C=O) groups excluding carboxylic acids is 1. The van der Waals surface area contributed by atoms with Crippen LogP contribution in [0.15, 0.2) is 35.1 Å². The maximum atomic E-state index is 10.6. The Balaban J connectivity index is 1.90. The van der Waals surface area contributed by atoms with Gasteiger partial charge in [-0.25, -0.2) is 0 Å². The van der Waals surface area contributed by atoms with Gasteiger partial charge >= 0.3 is 0 Å². The molecule has 0 aliphatic heterocycles. The van der Waals surface area contributed by atoms with E-state index in [4.69, 9.17) is 10.2 Å². The highest BCUT2D eigenvalue weighted by Gasteiger charge is 2.01. The monoisotopic (exact) mass is 220 g/mol. The molecule has 6 nitrogen and oxygen atoms in total. The highest BCUT2D eigenvalue weighted by Crippen LogP contribution is 2.06. The molecule has 0 bridgehead atoms. The van der Waals surface area contributed by atoms with Crippen molar-refractivity contribution in [3.8, 4) is 0 Å². The SMILES string of the molecule is NC(=O)Cn1ccc(NCc2ccco2)n1. The number of nitrogens with two attached hydrogens (primary N) is 1. The molecule has 84 valence electrons. The molecule has 0 atom stereocenters. The first-order chi connectivity index (χ1) is 7.74. The van der Waals surface area contributed by atoms with E-state index in [9.17, 15) is 4.79 Å². The van der Waals surface area contributed by atoms with Crippen LogP contribution in [0.25, 0.3) is 0 Å². The van der Waals surface area contributed by atoms with Gasteiger partial charge < -0.3 is 15.5 Å². The topological polar surface area (TPSA) is 86.1 Å². The van der Waals surface area contributed by atoms with Crippen LogP contribution in [0.2, 0.25) is 0 Å². The van der Waals surface area contributed by atoms with Crippen LogP contribution in [0.1, 0.15) is 5.76 Å². The molecular weight excluding hydrogens is 208 g/mol. The predicted octanol–water partition coefficient (Wildman–Crippen LogP) is 0.573. The third kappa shape index (κ3) is 2.63. The van der Waals surface area contributed by atoms with E-state index in [2.05, 4.69) is 10.4 Å². The first-order valence-corrected chi connectivity index (χ1v) is 4.82. The summed E-state index contributed by atoms with van der Waals surface area (Å²) in [7, 11) is 0. The molecule has 2 aromatic heterocycles. The number of aromatic nitrogens is 2. The molecule has 0 unspecified atom stereocenters. The lowest BCUT2D eigenvalue weighted by Crippen LogP contribution is -2.19. The van der Waals surface area contributed by atoms with Gasteiger partial charge in [0.2, 0.25) is 5.91 Å². The lowest BCUT2D eigenvalue weighted by Gasteiger charge is -1.99. The van der Waals surface area contributed by atoms with E-state index < -0.39 is 5.91 Å². The van der Waals surface area contributed by atoms with Crippen molar-refractivity contribution in [3.63, 3.8) is 0 Å². The van der Waals surface area contributed by atoms with Gasteiger partial charge in [0, 0.05) is 12.3 Å². The van der Waals surface area contributed by atoms with Crippen molar-refractivity contribution in [2.75, 3.05) is 5.32 Å². The smallest absolute Gasteiger partial charge is 0.239 e. The molecule has 0 saturated carbocycles. The van der Waals surface area contributed by atoms with E-state index in [0.717, 1.165) is 5.76 Å². The molecular formula is C10H12N4O2. The molecule has 2 rings (SSSR count). The molecule has 0 aromatic carbocycles. The van der Waals surface area contributed by atoms with Gasteiger partial charge in [-0.2, -0.15) is 5.10 Å². The van der Waals surface area contributed by atoms with E-state index in [-0.39, 0.29) is 6.54 Å². The number of nitrogens with zero attached hydrogens (tertiary/aromatic N) is 2. The molecule has 1 amide bonds.